The number of nitrogens with zero attached hydrogens (tertiary/aromatic N) is 2. The Morgan fingerprint density at radius 3 is 2.10 bits per heavy atom. The van der Waals surface area contributed by atoms with Crippen molar-refractivity contribution in [3.63, 3.8) is 0 Å². The van der Waals surface area contributed by atoms with Crippen LogP contribution in [0.15, 0.2) is 71.6 Å². The van der Waals surface area contributed by atoms with Crippen LogP contribution in [0.5, 0.6) is 0 Å². The highest BCUT2D eigenvalue weighted by atomic mass is 35.5. The molecule has 0 aliphatic carbocycles. The van der Waals surface area contributed by atoms with Crippen molar-refractivity contribution in [3.8, 4) is 0 Å². The number of hydrogen-bond acceptors (Lipinski definition) is 4. The lowest BCUT2D eigenvalue weighted by molar-refractivity contribution is -0.140. The second-order valence-electron chi connectivity index (χ2n) is 9.99. The molecule has 0 spiro atoms. The van der Waals surface area contributed by atoms with Gasteiger partial charge in [-0.3, -0.25) is 13.9 Å². The Kier molecular flexibility index (Phi) is 10.6. The standard InChI is InChI=1S/C30H35Cl2N3O4S/c1-6-28(30(37)33-20(2)3)34(18-23-10-12-24(31)13-11-23)29(36)19-35(25-14-9-22(5)27(32)17-25)40(38,39)26-15-7-21(4)8-16-26/h7-17,20,28H,6,18-19H2,1-5H3,(H,33,37). The van der Waals surface area contributed by atoms with E-state index in [0.717, 1.165) is 21.0 Å². The van der Waals surface area contributed by atoms with Gasteiger partial charge in [0.1, 0.15) is 12.6 Å². The lowest BCUT2D eigenvalue weighted by Gasteiger charge is -2.33. The third kappa shape index (κ3) is 7.77. The molecule has 10 heteroatoms. The first kappa shape index (κ1) is 31.5. The van der Waals surface area contributed by atoms with E-state index >= 15 is 0 Å². The molecule has 0 heterocycles. The molecule has 3 aromatic rings. The second kappa shape index (κ2) is 13.5. The number of carbonyl (C=O) groups excluding carboxylic acids is 2. The molecular formula is C30H35Cl2N3O4S. The Hall–Kier alpha value is -3.07. The zero-order chi connectivity index (χ0) is 29.6. The lowest BCUT2D eigenvalue weighted by atomic mass is 10.1. The summed E-state index contributed by atoms with van der Waals surface area (Å²) in [6.45, 7) is 8.72. The largest absolute Gasteiger partial charge is 0.352 e. The summed E-state index contributed by atoms with van der Waals surface area (Å²) in [6, 6.07) is 17.3. The van der Waals surface area contributed by atoms with Crippen molar-refractivity contribution in [2.75, 3.05) is 10.8 Å². The van der Waals surface area contributed by atoms with Crippen molar-refractivity contribution in [1.82, 2.24) is 10.2 Å². The normalized spacial score (nSPS) is 12.2. The van der Waals surface area contributed by atoms with E-state index in [1.807, 2.05) is 34.6 Å². The van der Waals surface area contributed by atoms with Crippen LogP contribution in [0.25, 0.3) is 0 Å². The van der Waals surface area contributed by atoms with Crippen LogP contribution in [-0.4, -0.2) is 43.8 Å². The minimum absolute atomic E-state index is 0.0384. The maximum atomic E-state index is 14.1. The number of anilines is 1. The summed E-state index contributed by atoms with van der Waals surface area (Å²) in [5, 5.41) is 3.79. The Labute approximate surface area is 247 Å². The summed E-state index contributed by atoms with van der Waals surface area (Å²) < 4.78 is 28.9. The number of sulfonamides is 1. The quantitative estimate of drug-likeness (QED) is 0.285. The second-order valence-corrected chi connectivity index (χ2v) is 12.7. The Morgan fingerprint density at radius 1 is 0.925 bits per heavy atom. The fraction of sp³-hybridized carbons (Fsp3) is 0.333. The summed E-state index contributed by atoms with van der Waals surface area (Å²) in [7, 11) is -4.17. The zero-order valence-corrected chi connectivity index (χ0v) is 25.6. The summed E-state index contributed by atoms with van der Waals surface area (Å²) in [4.78, 5) is 28.7. The number of nitrogens with one attached hydrogen (secondary N) is 1. The number of amides is 2. The van der Waals surface area contributed by atoms with Crippen molar-refractivity contribution in [2.45, 2.75) is 64.6 Å². The third-order valence-corrected chi connectivity index (χ3v) is 8.86. The van der Waals surface area contributed by atoms with E-state index in [-0.39, 0.29) is 29.1 Å². The molecule has 2 amide bonds. The van der Waals surface area contributed by atoms with Crippen LogP contribution in [0.1, 0.15) is 43.9 Å². The molecule has 0 aliphatic rings. The topological polar surface area (TPSA) is 86.8 Å². The molecule has 0 aromatic heterocycles. The van der Waals surface area contributed by atoms with Gasteiger partial charge < -0.3 is 10.2 Å². The maximum absolute atomic E-state index is 14.1. The van der Waals surface area contributed by atoms with Gasteiger partial charge in [0.15, 0.2) is 0 Å². The summed E-state index contributed by atoms with van der Waals surface area (Å²) in [6.07, 6.45) is 0.332. The van der Waals surface area contributed by atoms with Crippen molar-refractivity contribution in [2.24, 2.45) is 0 Å². The average molecular weight is 605 g/mol. The number of benzene rings is 3. The van der Waals surface area contributed by atoms with Crippen molar-refractivity contribution >= 4 is 50.7 Å². The average Bonchev–Trinajstić information content (AvgIpc) is 2.89. The van der Waals surface area contributed by atoms with Crippen LogP contribution in [-0.2, 0) is 26.2 Å². The molecule has 1 N–H and O–H groups in total. The fourth-order valence-electron chi connectivity index (χ4n) is 4.19. The highest BCUT2D eigenvalue weighted by Crippen LogP contribution is 2.29. The van der Waals surface area contributed by atoms with Crippen LogP contribution in [0, 0.1) is 13.8 Å². The first-order chi connectivity index (χ1) is 18.8. The lowest BCUT2D eigenvalue weighted by Crippen LogP contribution is -2.53. The first-order valence-electron chi connectivity index (χ1n) is 13.0. The van der Waals surface area contributed by atoms with E-state index in [9.17, 15) is 18.0 Å². The van der Waals surface area contributed by atoms with Crippen LogP contribution < -0.4 is 9.62 Å². The molecule has 0 saturated carbocycles. The molecular weight excluding hydrogens is 569 g/mol. The molecule has 1 unspecified atom stereocenters. The number of carbonyl (C=O) groups is 2. The molecule has 0 saturated heterocycles. The highest BCUT2D eigenvalue weighted by molar-refractivity contribution is 7.92. The van der Waals surface area contributed by atoms with Crippen LogP contribution >= 0.6 is 23.2 Å². The predicted octanol–water partition coefficient (Wildman–Crippen LogP) is 6.14. The van der Waals surface area contributed by atoms with Gasteiger partial charge in [0.2, 0.25) is 11.8 Å². The molecule has 0 aliphatic heterocycles. The van der Waals surface area contributed by atoms with E-state index in [1.54, 1.807) is 48.5 Å². The Morgan fingerprint density at radius 2 is 1.55 bits per heavy atom. The predicted molar refractivity (Wildman–Crippen MR) is 161 cm³/mol. The van der Waals surface area contributed by atoms with Crippen molar-refractivity contribution in [3.05, 3.63) is 93.5 Å². The van der Waals surface area contributed by atoms with Gasteiger partial charge in [-0.05, 0) is 81.6 Å². The molecule has 0 bridgehead atoms. The highest BCUT2D eigenvalue weighted by Gasteiger charge is 2.34. The van der Waals surface area contributed by atoms with E-state index in [1.165, 1.54) is 23.1 Å². The number of hydrogen-bond donors (Lipinski definition) is 1. The van der Waals surface area contributed by atoms with Crippen molar-refractivity contribution < 1.29 is 18.0 Å². The molecule has 40 heavy (non-hydrogen) atoms. The zero-order valence-electron chi connectivity index (χ0n) is 23.3. The molecule has 7 nitrogen and oxygen atoms in total. The molecule has 214 valence electrons. The summed E-state index contributed by atoms with van der Waals surface area (Å²) in [5.41, 5.74) is 2.66. The van der Waals surface area contributed by atoms with Gasteiger partial charge in [-0.25, -0.2) is 8.42 Å². The monoisotopic (exact) mass is 603 g/mol. The van der Waals surface area contributed by atoms with Gasteiger partial charge in [-0.15, -0.1) is 0 Å². The van der Waals surface area contributed by atoms with E-state index in [4.69, 9.17) is 23.2 Å². The van der Waals surface area contributed by atoms with Gasteiger partial charge in [0.05, 0.1) is 10.6 Å². The Balaban J connectivity index is 2.08. The molecule has 1 atom stereocenters. The summed E-state index contributed by atoms with van der Waals surface area (Å²) in [5.74, 6) is -0.848. The molecule has 3 rings (SSSR count). The summed E-state index contributed by atoms with van der Waals surface area (Å²) >= 11 is 12.4. The number of halogens is 2. The van der Waals surface area contributed by atoms with Crippen LogP contribution in [0.2, 0.25) is 10.0 Å². The molecule has 0 fully saturated rings. The first-order valence-corrected chi connectivity index (χ1v) is 15.2. The fourth-order valence-corrected chi connectivity index (χ4v) is 5.90. The molecule has 0 radical (unpaired) electrons. The smallest absolute Gasteiger partial charge is 0.264 e. The number of aryl methyl sites for hydroxylation is 2. The van der Waals surface area contributed by atoms with E-state index in [0.29, 0.717) is 16.5 Å². The van der Waals surface area contributed by atoms with Gasteiger partial charge >= 0.3 is 0 Å². The number of rotatable bonds is 11. The molecule has 3 aromatic carbocycles. The van der Waals surface area contributed by atoms with Crippen molar-refractivity contribution in [1.29, 1.82) is 0 Å². The Bertz CT molecular complexity index is 1440. The minimum atomic E-state index is -4.17. The van der Waals surface area contributed by atoms with Gasteiger partial charge in [-0.2, -0.15) is 0 Å². The SMILES string of the molecule is CCC(C(=O)NC(C)C)N(Cc1ccc(Cl)cc1)C(=O)CN(c1ccc(C)c(Cl)c1)S(=O)(=O)c1ccc(C)cc1. The van der Waals surface area contributed by atoms with Crippen LogP contribution in [0.4, 0.5) is 5.69 Å². The van der Waals surface area contributed by atoms with E-state index < -0.39 is 28.5 Å². The minimum Gasteiger partial charge on any atom is -0.352 e. The van der Waals surface area contributed by atoms with Gasteiger partial charge in [0.25, 0.3) is 10.0 Å². The maximum Gasteiger partial charge on any atom is 0.264 e. The van der Waals surface area contributed by atoms with E-state index in [2.05, 4.69) is 5.32 Å². The van der Waals surface area contributed by atoms with Gasteiger partial charge in [-0.1, -0.05) is 66.0 Å². The van der Waals surface area contributed by atoms with Crippen LogP contribution in [0.3, 0.4) is 0 Å². The van der Waals surface area contributed by atoms with Gasteiger partial charge in [0, 0.05) is 22.6 Å². The third-order valence-electron chi connectivity index (χ3n) is 6.41.